The molecule has 2 rings (SSSR count). The van der Waals surface area contributed by atoms with Gasteiger partial charge in [0.05, 0.1) is 18.5 Å². The zero-order chi connectivity index (χ0) is 17.4. The van der Waals surface area contributed by atoms with Crippen molar-refractivity contribution in [3.8, 4) is 5.75 Å². The van der Waals surface area contributed by atoms with Crippen LogP contribution in [-0.2, 0) is 0 Å². The lowest BCUT2D eigenvalue weighted by Gasteiger charge is -2.16. The van der Waals surface area contributed by atoms with Crippen molar-refractivity contribution in [2.45, 2.75) is 26.7 Å². The summed E-state index contributed by atoms with van der Waals surface area (Å²) < 4.78 is 5.42. The molecular weight excluding hydrogens is 302 g/mol. The number of amides is 1. The average Bonchev–Trinajstić information content (AvgIpc) is 2.61. The van der Waals surface area contributed by atoms with Crippen molar-refractivity contribution < 1.29 is 9.53 Å². The first-order valence-electron chi connectivity index (χ1n) is 8.35. The summed E-state index contributed by atoms with van der Waals surface area (Å²) in [5.41, 5.74) is 2.25. The second-order valence-electron chi connectivity index (χ2n) is 5.59. The quantitative estimate of drug-likeness (QED) is 0.793. The summed E-state index contributed by atoms with van der Waals surface area (Å²) in [7, 11) is 1.81. The van der Waals surface area contributed by atoms with Crippen LogP contribution in [0.5, 0.6) is 5.75 Å². The molecule has 0 bridgehead atoms. The Hall–Kier alpha value is -2.56. The van der Waals surface area contributed by atoms with Crippen LogP contribution in [0.25, 0.3) is 0 Å². The predicted molar refractivity (Wildman–Crippen MR) is 97.0 cm³/mol. The molecule has 0 aliphatic carbocycles. The van der Waals surface area contributed by atoms with Gasteiger partial charge in [0.15, 0.2) is 0 Å². The smallest absolute Gasteiger partial charge is 0.272 e. The highest BCUT2D eigenvalue weighted by Gasteiger charge is 2.12. The lowest BCUT2D eigenvalue weighted by atomic mass is 10.2. The van der Waals surface area contributed by atoms with E-state index in [1.165, 1.54) is 0 Å². The Morgan fingerprint density at radius 3 is 2.42 bits per heavy atom. The second kappa shape index (κ2) is 8.91. The van der Waals surface area contributed by atoms with Gasteiger partial charge in [-0.05, 0) is 49.7 Å². The molecule has 1 N–H and O–H groups in total. The lowest BCUT2D eigenvalue weighted by molar-refractivity contribution is 0.0787. The highest BCUT2D eigenvalue weighted by molar-refractivity contribution is 5.92. The fraction of sp³-hybridized carbons (Fsp3) is 0.368. The average molecular weight is 327 g/mol. The zero-order valence-corrected chi connectivity index (χ0v) is 14.6. The van der Waals surface area contributed by atoms with E-state index in [0.717, 1.165) is 36.5 Å². The summed E-state index contributed by atoms with van der Waals surface area (Å²) in [6.45, 7) is 5.47. The summed E-state index contributed by atoms with van der Waals surface area (Å²) in [4.78, 5) is 18.2. The van der Waals surface area contributed by atoms with Gasteiger partial charge in [-0.1, -0.05) is 13.3 Å². The first-order chi connectivity index (χ1) is 11.6. The van der Waals surface area contributed by atoms with E-state index in [0.29, 0.717) is 12.3 Å². The number of carbonyl (C=O) groups excluding carboxylic acids is 1. The van der Waals surface area contributed by atoms with Crippen LogP contribution in [0.15, 0.2) is 42.6 Å². The van der Waals surface area contributed by atoms with Gasteiger partial charge in [-0.3, -0.25) is 4.79 Å². The van der Waals surface area contributed by atoms with Crippen LogP contribution < -0.4 is 10.1 Å². The minimum Gasteiger partial charge on any atom is -0.494 e. The van der Waals surface area contributed by atoms with Crippen molar-refractivity contribution in [1.82, 2.24) is 9.88 Å². The summed E-state index contributed by atoms with van der Waals surface area (Å²) in [6.07, 6.45) is 3.74. The molecule has 1 amide bonds. The molecule has 1 aromatic carbocycles. The molecule has 0 radical (unpaired) electrons. The molecule has 0 spiro atoms. The largest absolute Gasteiger partial charge is 0.494 e. The Balaban J connectivity index is 1.97. The first kappa shape index (κ1) is 17.8. The third-order valence-electron chi connectivity index (χ3n) is 3.63. The number of carbonyl (C=O) groups is 1. The zero-order valence-electron chi connectivity index (χ0n) is 14.6. The van der Waals surface area contributed by atoms with Gasteiger partial charge in [0.1, 0.15) is 11.4 Å². The van der Waals surface area contributed by atoms with E-state index in [9.17, 15) is 4.79 Å². The number of rotatable bonds is 8. The Morgan fingerprint density at radius 2 is 1.83 bits per heavy atom. The highest BCUT2D eigenvalue weighted by Crippen LogP contribution is 2.20. The van der Waals surface area contributed by atoms with Gasteiger partial charge < -0.3 is 15.0 Å². The van der Waals surface area contributed by atoms with Gasteiger partial charge >= 0.3 is 0 Å². The minimum absolute atomic E-state index is 0.0453. The molecular formula is C19H25N3O2. The number of anilines is 2. The van der Waals surface area contributed by atoms with Crippen LogP contribution in [0.2, 0.25) is 0 Å². The van der Waals surface area contributed by atoms with Crippen molar-refractivity contribution >= 4 is 17.3 Å². The number of nitrogens with zero attached hydrogens (tertiary/aromatic N) is 2. The van der Waals surface area contributed by atoms with E-state index in [2.05, 4.69) is 17.2 Å². The minimum atomic E-state index is -0.0453. The van der Waals surface area contributed by atoms with Crippen LogP contribution >= 0.6 is 0 Å². The van der Waals surface area contributed by atoms with E-state index in [4.69, 9.17) is 4.74 Å². The molecule has 0 saturated heterocycles. The Kier molecular flexibility index (Phi) is 6.61. The molecule has 1 aromatic heterocycles. The number of nitrogens with one attached hydrogen (secondary N) is 1. The van der Waals surface area contributed by atoms with Crippen LogP contribution in [0.1, 0.15) is 37.2 Å². The van der Waals surface area contributed by atoms with Crippen LogP contribution in [-0.4, -0.2) is 36.0 Å². The van der Waals surface area contributed by atoms with Crippen LogP contribution in [0.4, 0.5) is 11.4 Å². The van der Waals surface area contributed by atoms with Gasteiger partial charge in [-0.15, -0.1) is 0 Å². The van der Waals surface area contributed by atoms with Gasteiger partial charge in [-0.2, -0.15) is 0 Å². The van der Waals surface area contributed by atoms with E-state index >= 15 is 0 Å². The summed E-state index contributed by atoms with van der Waals surface area (Å²) in [6, 6.07) is 11.3. The second-order valence-corrected chi connectivity index (χ2v) is 5.59. The lowest BCUT2D eigenvalue weighted by Crippen LogP contribution is -2.28. The van der Waals surface area contributed by atoms with E-state index in [-0.39, 0.29) is 5.91 Å². The number of aromatic nitrogens is 1. The maximum atomic E-state index is 12.2. The third-order valence-corrected chi connectivity index (χ3v) is 3.63. The summed E-state index contributed by atoms with van der Waals surface area (Å²) >= 11 is 0. The predicted octanol–water partition coefficient (Wildman–Crippen LogP) is 4.10. The molecule has 0 aliphatic rings. The first-order valence-corrected chi connectivity index (χ1v) is 8.35. The number of hydrogen-bond donors (Lipinski definition) is 1. The molecule has 0 saturated carbocycles. The standard InChI is InChI=1S/C19H25N3O2/c1-4-6-13-22(3)19(23)18-12-9-16(14-20-18)21-15-7-10-17(11-8-15)24-5-2/h7-12,14,21H,4-6,13H2,1-3H3. The SMILES string of the molecule is CCCCN(C)C(=O)c1ccc(Nc2ccc(OCC)cc2)cn1. The molecule has 128 valence electrons. The monoisotopic (exact) mass is 327 g/mol. The maximum absolute atomic E-state index is 12.2. The van der Waals surface area contributed by atoms with E-state index < -0.39 is 0 Å². The van der Waals surface area contributed by atoms with Gasteiger partial charge in [-0.25, -0.2) is 4.98 Å². The Bertz CT molecular complexity index is 639. The number of unbranched alkanes of at least 4 members (excludes halogenated alkanes) is 1. The van der Waals surface area contributed by atoms with E-state index in [1.54, 1.807) is 17.2 Å². The van der Waals surface area contributed by atoms with Gasteiger partial charge in [0.2, 0.25) is 0 Å². The number of pyridine rings is 1. The molecule has 2 aromatic rings. The molecule has 24 heavy (non-hydrogen) atoms. The third kappa shape index (κ3) is 4.98. The maximum Gasteiger partial charge on any atom is 0.272 e. The van der Waals surface area contributed by atoms with Crippen molar-refractivity contribution in [3.63, 3.8) is 0 Å². The number of ether oxygens (including phenoxy) is 1. The van der Waals surface area contributed by atoms with Crippen molar-refractivity contribution in [2.75, 3.05) is 25.5 Å². The molecule has 5 heteroatoms. The van der Waals surface area contributed by atoms with Crippen molar-refractivity contribution in [3.05, 3.63) is 48.3 Å². The van der Waals surface area contributed by atoms with Crippen LogP contribution in [0.3, 0.4) is 0 Å². The normalized spacial score (nSPS) is 10.3. The summed E-state index contributed by atoms with van der Waals surface area (Å²) in [5, 5.41) is 3.26. The number of hydrogen-bond acceptors (Lipinski definition) is 4. The van der Waals surface area contributed by atoms with Crippen LogP contribution in [0, 0.1) is 0 Å². The highest BCUT2D eigenvalue weighted by atomic mass is 16.5. The molecule has 0 fully saturated rings. The van der Waals surface area contributed by atoms with Crippen molar-refractivity contribution in [1.29, 1.82) is 0 Å². The molecule has 0 unspecified atom stereocenters. The Morgan fingerprint density at radius 1 is 1.12 bits per heavy atom. The topological polar surface area (TPSA) is 54.5 Å². The van der Waals surface area contributed by atoms with Crippen molar-refractivity contribution in [2.24, 2.45) is 0 Å². The van der Waals surface area contributed by atoms with Gasteiger partial charge in [0, 0.05) is 19.3 Å². The number of benzene rings is 1. The fourth-order valence-corrected chi connectivity index (χ4v) is 2.25. The molecule has 1 heterocycles. The summed E-state index contributed by atoms with van der Waals surface area (Å²) in [5.74, 6) is 0.799. The molecule has 0 atom stereocenters. The fourth-order valence-electron chi connectivity index (χ4n) is 2.25. The molecule has 0 aliphatic heterocycles. The van der Waals surface area contributed by atoms with Gasteiger partial charge in [0.25, 0.3) is 5.91 Å². The molecule has 5 nitrogen and oxygen atoms in total. The van der Waals surface area contributed by atoms with E-state index in [1.807, 2.05) is 44.3 Å². The Labute approximate surface area is 143 Å².